The lowest BCUT2D eigenvalue weighted by molar-refractivity contribution is 0.628. The van der Waals surface area contributed by atoms with E-state index >= 15 is 0 Å². The topological polar surface area (TPSA) is 12.9 Å². The maximum atomic E-state index is 13.2. The van der Waals surface area contributed by atoms with Gasteiger partial charge in [-0.15, -0.1) is 0 Å². The zero-order chi connectivity index (χ0) is 21.4. The molecule has 5 rings (SSSR count). The van der Waals surface area contributed by atoms with E-state index in [2.05, 4.69) is 29.2 Å². The van der Waals surface area contributed by atoms with Crippen LogP contribution in [0.2, 0.25) is 10.0 Å². The molecule has 0 N–H and O–H groups in total. The fraction of sp³-hybridized carbons (Fsp3) is 0. The van der Waals surface area contributed by atoms with E-state index in [1.165, 1.54) is 12.1 Å². The first-order valence-electron chi connectivity index (χ1n) is 9.78. The lowest BCUT2D eigenvalue weighted by Gasteiger charge is -2.08. The molecular weight excluding hydrogens is 428 g/mol. The number of fused-ring (bicyclic) bond motifs is 1. The van der Waals surface area contributed by atoms with E-state index < -0.39 is 0 Å². The highest BCUT2D eigenvalue weighted by Gasteiger charge is 2.06. The minimum absolute atomic E-state index is 0.232. The molecule has 0 amide bonds. The molecule has 5 aromatic rings. The molecule has 1 heterocycles. The highest BCUT2D eigenvalue weighted by Crippen LogP contribution is 2.31. The minimum atomic E-state index is -0.232. The van der Waals surface area contributed by atoms with Gasteiger partial charge < -0.3 is 0 Å². The summed E-state index contributed by atoms with van der Waals surface area (Å²) in [4.78, 5) is 4.67. The molecule has 1 aromatic heterocycles. The van der Waals surface area contributed by atoms with Crippen molar-refractivity contribution in [1.82, 2.24) is 4.98 Å². The zero-order valence-corrected chi connectivity index (χ0v) is 17.8. The summed E-state index contributed by atoms with van der Waals surface area (Å²) in [5.74, 6) is -0.232. The second-order valence-electron chi connectivity index (χ2n) is 7.37. The molecule has 0 bridgehead atoms. The van der Waals surface area contributed by atoms with E-state index in [4.69, 9.17) is 23.2 Å². The molecule has 4 aromatic carbocycles. The quantitative estimate of drug-likeness (QED) is 0.271. The fourth-order valence-corrected chi connectivity index (χ4v) is 4.20. The average Bonchev–Trinajstić information content (AvgIpc) is 2.78. The van der Waals surface area contributed by atoms with Gasteiger partial charge in [-0.25, -0.2) is 4.39 Å². The standard InChI is InChI=1S/C27H16Cl2FN/c28-24-12-22(13-25(29)15-24)20-5-6-21-11-23(16-31-27(21)14-20)19-3-1-17(2-4-19)18-7-9-26(30)10-8-18/h1-16H. The van der Waals surface area contributed by atoms with Gasteiger partial charge in [-0.3, -0.25) is 4.98 Å². The second-order valence-corrected chi connectivity index (χ2v) is 8.25. The maximum Gasteiger partial charge on any atom is 0.123 e. The number of hydrogen-bond acceptors (Lipinski definition) is 1. The largest absolute Gasteiger partial charge is 0.256 e. The monoisotopic (exact) mass is 443 g/mol. The molecule has 0 aliphatic heterocycles. The van der Waals surface area contributed by atoms with Gasteiger partial charge in [0.05, 0.1) is 5.52 Å². The van der Waals surface area contributed by atoms with Gasteiger partial charge in [0.2, 0.25) is 0 Å². The summed E-state index contributed by atoms with van der Waals surface area (Å²) < 4.78 is 13.2. The second kappa shape index (κ2) is 8.14. The van der Waals surface area contributed by atoms with Crippen LogP contribution in [0, 0.1) is 5.82 Å². The number of hydrogen-bond donors (Lipinski definition) is 0. The Morgan fingerprint density at radius 1 is 0.516 bits per heavy atom. The predicted molar refractivity (Wildman–Crippen MR) is 128 cm³/mol. The Hall–Kier alpha value is -3.20. The molecular formula is C27H16Cl2FN. The van der Waals surface area contributed by atoms with E-state index in [1.807, 2.05) is 42.6 Å². The van der Waals surface area contributed by atoms with Crippen LogP contribution in [0.1, 0.15) is 0 Å². The van der Waals surface area contributed by atoms with Crippen molar-refractivity contribution in [2.75, 3.05) is 0 Å². The number of nitrogens with zero attached hydrogens (tertiary/aromatic N) is 1. The Bertz CT molecular complexity index is 1370. The van der Waals surface area contributed by atoms with Crippen LogP contribution in [-0.4, -0.2) is 4.98 Å². The van der Waals surface area contributed by atoms with Crippen LogP contribution in [0.25, 0.3) is 44.3 Å². The Kier molecular flexibility index (Phi) is 5.19. The molecule has 0 unspecified atom stereocenters. The number of rotatable bonds is 3. The smallest absolute Gasteiger partial charge is 0.123 e. The van der Waals surface area contributed by atoms with Gasteiger partial charge in [-0.05, 0) is 70.3 Å². The summed E-state index contributed by atoms with van der Waals surface area (Å²) in [5.41, 5.74) is 7.02. The number of benzene rings is 4. The highest BCUT2D eigenvalue weighted by molar-refractivity contribution is 6.35. The van der Waals surface area contributed by atoms with Crippen LogP contribution >= 0.6 is 23.2 Å². The van der Waals surface area contributed by atoms with Crippen LogP contribution in [-0.2, 0) is 0 Å². The van der Waals surface area contributed by atoms with E-state index in [0.29, 0.717) is 10.0 Å². The third kappa shape index (κ3) is 4.18. The van der Waals surface area contributed by atoms with E-state index in [1.54, 1.807) is 18.2 Å². The number of halogens is 3. The molecule has 0 saturated carbocycles. The lowest BCUT2D eigenvalue weighted by Crippen LogP contribution is -1.86. The molecule has 150 valence electrons. The van der Waals surface area contributed by atoms with Crippen LogP contribution in [0.3, 0.4) is 0 Å². The van der Waals surface area contributed by atoms with Crippen molar-refractivity contribution in [3.63, 3.8) is 0 Å². The molecule has 0 aliphatic rings. The summed E-state index contributed by atoms with van der Waals surface area (Å²) in [6, 6.07) is 28.5. The first-order valence-corrected chi connectivity index (χ1v) is 10.5. The summed E-state index contributed by atoms with van der Waals surface area (Å²) in [6.45, 7) is 0. The van der Waals surface area contributed by atoms with Gasteiger partial charge >= 0.3 is 0 Å². The third-order valence-electron chi connectivity index (χ3n) is 5.28. The highest BCUT2D eigenvalue weighted by atomic mass is 35.5. The normalized spacial score (nSPS) is 11.1. The van der Waals surface area contributed by atoms with Gasteiger partial charge in [-0.2, -0.15) is 0 Å². The Labute approximate surface area is 189 Å². The summed E-state index contributed by atoms with van der Waals surface area (Å²) >= 11 is 12.3. The molecule has 31 heavy (non-hydrogen) atoms. The van der Waals surface area contributed by atoms with Gasteiger partial charge in [0.1, 0.15) is 5.82 Å². The molecule has 4 heteroatoms. The first kappa shape index (κ1) is 19.7. The predicted octanol–water partition coefficient (Wildman–Crippen LogP) is 8.68. The van der Waals surface area contributed by atoms with Crippen molar-refractivity contribution in [2.24, 2.45) is 0 Å². The molecule has 1 nitrogen and oxygen atoms in total. The van der Waals surface area contributed by atoms with E-state index in [0.717, 1.165) is 44.3 Å². The van der Waals surface area contributed by atoms with Crippen LogP contribution in [0.5, 0.6) is 0 Å². The van der Waals surface area contributed by atoms with Crippen molar-refractivity contribution in [1.29, 1.82) is 0 Å². The maximum absolute atomic E-state index is 13.2. The Balaban J connectivity index is 1.46. The van der Waals surface area contributed by atoms with Crippen molar-refractivity contribution in [2.45, 2.75) is 0 Å². The van der Waals surface area contributed by atoms with E-state index in [-0.39, 0.29) is 5.82 Å². The third-order valence-corrected chi connectivity index (χ3v) is 5.71. The Morgan fingerprint density at radius 3 is 1.71 bits per heavy atom. The Morgan fingerprint density at radius 2 is 1.06 bits per heavy atom. The van der Waals surface area contributed by atoms with Crippen molar-refractivity contribution in [3.05, 3.63) is 113 Å². The molecule has 0 aliphatic carbocycles. The molecule has 0 atom stereocenters. The van der Waals surface area contributed by atoms with Gasteiger partial charge in [0, 0.05) is 27.2 Å². The van der Waals surface area contributed by atoms with E-state index in [9.17, 15) is 4.39 Å². The van der Waals surface area contributed by atoms with Gasteiger partial charge in [0.25, 0.3) is 0 Å². The fourth-order valence-electron chi connectivity index (χ4n) is 3.68. The van der Waals surface area contributed by atoms with Crippen LogP contribution in [0.4, 0.5) is 4.39 Å². The number of pyridine rings is 1. The SMILES string of the molecule is Fc1ccc(-c2ccc(-c3cnc4cc(-c5cc(Cl)cc(Cl)c5)ccc4c3)cc2)cc1. The number of aromatic nitrogens is 1. The van der Waals surface area contributed by atoms with Crippen molar-refractivity contribution < 1.29 is 4.39 Å². The average molecular weight is 444 g/mol. The molecule has 0 spiro atoms. The molecule has 0 saturated heterocycles. The summed E-state index contributed by atoms with van der Waals surface area (Å²) in [5, 5.41) is 2.27. The van der Waals surface area contributed by atoms with Crippen LogP contribution < -0.4 is 0 Å². The van der Waals surface area contributed by atoms with Crippen molar-refractivity contribution in [3.8, 4) is 33.4 Å². The molecule has 0 fully saturated rings. The minimum Gasteiger partial charge on any atom is -0.256 e. The van der Waals surface area contributed by atoms with Crippen LogP contribution in [0.15, 0.2) is 97.2 Å². The zero-order valence-electron chi connectivity index (χ0n) is 16.3. The lowest BCUT2D eigenvalue weighted by atomic mass is 9.99. The molecule has 0 radical (unpaired) electrons. The first-order chi connectivity index (χ1) is 15.0. The van der Waals surface area contributed by atoms with Crippen molar-refractivity contribution >= 4 is 34.1 Å². The van der Waals surface area contributed by atoms with Gasteiger partial charge in [-0.1, -0.05) is 71.7 Å². The summed E-state index contributed by atoms with van der Waals surface area (Å²) in [7, 11) is 0. The summed E-state index contributed by atoms with van der Waals surface area (Å²) in [6.07, 6.45) is 1.88. The van der Waals surface area contributed by atoms with Gasteiger partial charge in [0.15, 0.2) is 0 Å².